The van der Waals surface area contributed by atoms with Gasteiger partial charge in [-0.15, -0.1) is 0 Å². The third-order valence-electron chi connectivity index (χ3n) is 4.79. The third-order valence-corrected chi connectivity index (χ3v) is 4.79. The van der Waals surface area contributed by atoms with Gasteiger partial charge in [-0.05, 0) is 37.1 Å². The number of nitrogens with zero attached hydrogens (tertiary/aromatic N) is 3. The molecule has 1 aromatic heterocycles. The largest absolute Gasteiger partial charge is 0.438 e. The molecule has 120 valence electrons. The van der Waals surface area contributed by atoms with Crippen molar-refractivity contribution >= 4 is 0 Å². The topological polar surface area (TPSA) is 47.5 Å². The SMILES string of the molecule is c1cnc(Oc2ccc(CN3CC[C@]4(CCOC4)C3)cc2)cn1. The average molecular weight is 311 g/mol. The van der Waals surface area contributed by atoms with Crippen LogP contribution in [-0.2, 0) is 11.3 Å². The summed E-state index contributed by atoms with van der Waals surface area (Å²) in [6, 6.07) is 8.24. The van der Waals surface area contributed by atoms with Crippen molar-refractivity contribution < 1.29 is 9.47 Å². The van der Waals surface area contributed by atoms with Crippen molar-refractivity contribution in [3.8, 4) is 11.6 Å². The number of benzene rings is 1. The lowest BCUT2D eigenvalue weighted by atomic mass is 9.87. The van der Waals surface area contributed by atoms with Gasteiger partial charge in [0, 0.05) is 37.5 Å². The highest BCUT2D eigenvalue weighted by Crippen LogP contribution is 2.38. The third kappa shape index (κ3) is 3.35. The number of likely N-dealkylation sites (tertiary alicyclic amines) is 1. The highest BCUT2D eigenvalue weighted by atomic mass is 16.5. The fraction of sp³-hybridized carbons (Fsp3) is 0.444. The van der Waals surface area contributed by atoms with Crippen LogP contribution in [0.3, 0.4) is 0 Å². The van der Waals surface area contributed by atoms with Crippen molar-refractivity contribution in [3.63, 3.8) is 0 Å². The van der Waals surface area contributed by atoms with E-state index in [9.17, 15) is 0 Å². The summed E-state index contributed by atoms with van der Waals surface area (Å²) in [6.45, 7) is 5.19. The first-order chi connectivity index (χ1) is 11.3. The van der Waals surface area contributed by atoms with Gasteiger partial charge in [-0.25, -0.2) is 4.98 Å². The van der Waals surface area contributed by atoms with E-state index in [2.05, 4.69) is 27.0 Å². The molecule has 1 aromatic carbocycles. The summed E-state index contributed by atoms with van der Waals surface area (Å²) in [5, 5.41) is 0. The van der Waals surface area contributed by atoms with Gasteiger partial charge in [-0.2, -0.15) is 0 Å². The average Bonchev–Trinajstić information content (AvgIpc) is 3.21. The second-order valence-corrected chi connectivity index (χ2v) is 6.55. The number of ether oxygens (including phenoxy) is 2. The van der Waals surface area contributed by atoms with Gasteiger partial charge < -0.3 is 9.47 Å². The summed E-state index contributed by atoms with van der Waals surface area (Å²) in [6.07, 6.45) is 7.35. The summed E-state index contributed by atoms with van der Waals surface area (Å²) >= 11 is 0. The van der Waals surface area contributed by atoms with E-state index in [1.807, 2.05) is 12.1 Å². The monoisotopic (exact) mass is 311 g/mol. The maximum Gasteiger partial charge on any atom is 0.237 e. The van der Waals surface area contributed by atoms with Crippen LogP contribution in [0.1, 0.15) is 18.4 Å². The molecular formula is C18H21N3O2. The summed E-state index contributed by atoms with van der Waals surface area (Å²) < 4.78 is 11.3. The van der Waals surface area contributed by atoms with Crippen LogP contribution in [0.2, 0.25) is 0 Å². The summed E-state index contributed by atoms with van der Waals surface area (Å²) in [4.78, 5) is 10.6. The van der Waals surface area contributed by atoms with Crippen molar-refractivity contribution in [2.24, 2.45) is 5.41 Å². The molecule has 2 saturated heterocycles. The standard InChI is InChI=1S/C18H21N3O2/c1-3-16(23-17-11-19-7-8-20-17)4-2-15(1)12-21-9-5-18(13-21)6-10-22-14-18/h1-4,7-8,11H,5-6,9-10,12-14H2/t18-/m0/s1. The molecule has 0 saturated carbocycles. The first kappa shape index (κ1) is 14.6. The first-order valence-corrected chi connectivity index (χ1v) is 8.14. The molecule has 2 aliphatic heterocycles. The van der Waals surface area contributed by atoms with Gasteiger partial charge in [0.1, 0.15) is 5.75 Å². The fourth-order valence-electron chi connectivity index (χ4n) is 3.51. The van der Waals surface area contributed by atoms with E-state index in [0.717, 1.165) is 32.1 Å². The van der Waals surface area contributed by atoms with Crippen molar-refractivity contribution in [1.82, 2.24) is 14.9 Å². The Morgan fingerprint density at radius 3 is 2.83 bits per heavy atom. The highest BCUT2D eigenvalue weighted by molar-refractivity contribution is 5.30. The van der Waals surface area contributed by atoms with Crippen molar-refractivity contribution in [2.75, 3.05) is 26.3 Å². The fourth-order valence-corrected chi connectivity index (χ4v) is 3.51. The lowest BCUT2D eigenvalue weighted by Crippen LogP contribution is -2.27. The zero-order valence-electron chi connectivity index (χ0n) is 13.1. The predicted octanol–water partition coefficient (Wildman–Crippen LogP) is 2.88. The molecule has 2 aliphatic rings. The molecule has 4 rings (SSSR count). The molecule has 0 bridgehead atoms. The Hall–Kier alpha value is -1.98. The first-order valence-electron chi connectivity index (χ1n) is 8.14. The van der Waals surface area contributed by atoms with Gasteiger partial charge in [-0.3, -0.25) is 9.88 Å². The minimum absolute atomic E-state index is 0.426. The number of rotatable bonds is 4. The zero-order chi connectivity index (χ0) is 15.5. The Morgan fingerprint density at radius 2 is 2.09 bits per heavy atom. The van der Waals surface area contributed by atoms with Gasteiger partial charge in [-0.1, -0.05) is 12.1 Å². The van der Waals surface area contributed by atoms with Crippen LogP contribution < -0.4 is 4.74 Å². The van der Waals surface area contributed by atoms with Crippen LogP contribution >= 0.6 is 0 Å². The van der Waals surface area contributed by atoms with Crippen LogP contribution in [-0.4, -0.2) is 41.2 Å². The molecule has 5 nitrogen and oxygen atoms in total. The normalized spacial score (nSPS) is 24.3. The minimum Gasteiger partial charge on any atom is -0.438 e. The molecule has 0 radical (unpaired) electrons. The van der Waals surface area contributed by atoms with Crippen molar-refractivity contribution in [2.45, 2.75) is 19.4 Å². The van der Waals surface area contributed by atoms with E-state index < -0.39 is 0 Å². The van der Waals surface area contributed by atoms with E-state index in [0.29, 0.717) is 11.3 Å². The minimum atomic E-state index is 0.426. The molecule has 0 aliphatic carbocycles. The van der Waals surface area contributed by atoms with Gasteiger partial charge in [0.2, 0.25) is 5.88 Å². The molecule has 5 heteroatoms. The number of aromatic nitrogens is 2. The predicted molar refractivity (Wildman–Crippen MR) is 86.3 cm³/mol. The van der Waals surface area contributed by atoms with Crippen LogP contribution in [0.4, 0.5) is 0 Å². The summed E-state index contributed by atoms with van der Waals surface area (Å²) in [5.74, 6) is 1.30. The maximum atomic E-state index is 5.68. The molecule has 2 aromatic rings. The Labute approximate surface area is 136 Å². The summed E-state index contributed by atoms with van der Waals surface area (Å²) in [5.41, 5.74) is 1.74. The lowest BCUT2D eigenvalue weighted by molar-refractivity contribution is 0.151. The van der Waals surface area contributed by atoms with Crippen LogP contribution in [0.15, 0.2) is 42.9 Å². The van der Waals surface area contributed by atoms with Crippen LogP contribution in [0.5, 0.6) is 11.6 Å². The quantitative estimate of drug-likeness (QED) is 0.869. The van der Waals surface area contributed by atoms with E-state index >= 15 is 0 Å². The Kier molecular flexibility index (Phi) is 3.97. The lowest BCUT2D eigenvalue weighted by Gasteiger charge is -2.22. The van der Waals surface area contributed by atoms with Gasteiger partial charge in [0.05, 0.1) is 12.8 Å². The van der Waals surface area contributed by atoms with Crippen molar-refractivity contribution in [3.05, 3.63) is 48.4 Å². The molecule has 1 atom stereocenters. The molecule has 23 heavy (non-hydrogen) atoms. The van der Waals surface area contributed by atoms with E-state index in [1.54, 1.807) is 18.6 Å². The van der Waals surface area contributed by atoms with Gasteiger partial charge >= 0.3 is 0 Å². The van der Waals surface area contributed by atoms with Gasteiger partial charge in [0.15, 0.2) is 0 Å². The van der Waals surface area contributed by atoms with E-state index in [-0.39, 0.29) is 0 Å². The van der Waals surface area contributed by atoms with Crippen LogP contribution in [0, 0.1) is 5.41 Å². The number of hydrogen-bond donors (Lipinski definition) is 0. The Bertz CT molecular complexity index is 639. The zero-order valence-corrected chi connectivity index (χ0v) is 13.1. The number of hydrogen-bond acceptors (Lipinski definition) is 5. The second kappa shape index (κ2) is 6.26. The molecule has 0 amide bonds. The summed E-state index contributed by atoms with van der Waals surface area (Å²) in [7, 11) is 0. The second-order valence-electron chi connectivity index (χ2n) is 6.55. The van der Waals surface area contributed by atoms with Crippen molar-refractivity contribution in [1.29, 1.82) is 0 Å². The molecular weight excluding hydrogens is 290 g/mol. The maximum absolute atomic E-state index is 5.68. The molecule has 3 heterocycles. The molecule has 2 fully saturated rings. The van der Waals surface area contributed by atoms with E-state index in [4.69, 9.17) is 9.47 Å². The molecule has 0 unspecified atom stereocenters. The van der Waals surface area contributed by atoms with E-state index in [1.165, 1.54) is 24.9 Å². The molecule has 1 spiro atoms. The Balaban J connectivity index is 1.35. The van der Waals surface area contributed by atoms with Gasteiger partial charge in [0.25, 0.3) is 0 Å². The Morgan fingerprint density at radius 1 is 1.17 bits per heavy atom. The highest BCUT2D eigenvalue weighted by Gasteiger charge is 2.40. The van der Waals surface area contributed by atoms with Crippen LogP contribution in [0.25, 0.3) is 0 Å². The smallest absolute Gasteiger partial charge is 0.237 e. The molecule has 0 N–H and O–H groups in total.